The number of allylic oxidation sites excluding steroid dienone is 1. The van der Waals surface area contributed by atoms with E-state index in [0.717, 1.165) is 29.8 Å². The summed E-state index contributed by atoms with van der Waals surface area (Å²) < 4.78 is 7.44. The predicted octanol–water partition coefficient (Wildman–Crippen LogP) is 9.52. The minimum atomic E-state index is 0.619. The number of hydrogen-bond acceptors (Lipinski definition) is 3. The van der Waals surface area contributed by atoms with Crippen LogP contribution in [0.1, 0.15) is 105 Å². The minimum absolute atomic E-state index is 0.619. The summed E-state index contributed by atoms with van der Waals surface area (Å²) in [5.41, 5.74) is 7.82. The van der Waals surface area contributed by atoms with Gasteiger partial charge in [0.1, 0.15) is 11.3 Å². The Hall–Kier alpha value is -3.53. The molecule has 39 heavy (non-hydrogen) atoms. The Morgan fingerprint density at radius 1 is 0.923 bits per heavy atom. The molecule has 1 aromatic heterocycles. The number of carbonyl (C=O) groups excluding carboxylic acids is 1. The van der Waals surface area contributed by atoms with Gasteiger partial charge < -0.3 is 4.74 Å². The van der Waals surface area contributed by atoms with Crippen LogP contribution in [0.2, 0.25) is 0 Å². The molecule has 4 nitrogen and oxygen atoms in total. The van der Waals surface area contributed by atoms with Gasteiger partial charge in [-0.05, 0) is 68.3 Å². The van der Waals surface area contributed by atoms with Crippen LogP contribution in [0, 0.1) is 13.8 Å². The molecule has 0 radical (unpaired) electrons. The molecular formula is C35H49N2O2+. The first kappa shape index (κ1) is 33.5. The Balaban J connectivity index is 0.000000314. The third-order valence-corrected chi connectivity index (χ3v) is 6.14. The second-order valence-electron chi connectivity index (χ2n) is 9.29. The maximum atomic E-state index is 10.4. The van der Waals surface area contributed by atoms with Crippen LogP contribution in [0.3, 0.4) is 0 Å². The molecule has 0 bridgehead atoms. The number of methoxy groups -OCH3 is 1. The molecule has 2 aromatic carbocycles. The number of aromatic nitrogens is 1. The first-order valence-electron chi connectivity index (χ1n) is 14.3. The van der Waals surface area contributed by atoms with E-state index in [1.165, 1.54) is 54.5 Å². The van der Waals surface area contributed by atoms with Crippen LogP contribution in [0.15, 0.2) is 60.8 Å². The third kappa shape index (κ3) is 11.8. The maximum absolute atomic E-state index is 10.4. The number of unbranched alkanes of at least 4 members (excludes halogenated alkanes) is 4. The van der Waals surface area contributed by atoms with Gasteiger partial charge in [-0.15, -0.1) is 0 Å². The lowest BCUT2D eigenvalue weighted by Crippen LogP contribution is -2.18. The van der Waals surface area contributed by atoms with Gasteiger partial charge in [-0.25, -0.2) is 0 Å². The van der Waals surface area contributed by atoms with E-state index in [2.05, 4.69) is 66.9 Å². The molecule has 0 spiro atoms. The van der Waals surface area contributed by atoms with Crippen molar-refractivity contribution in [2.45, 2.75) is 87.1 Å². The Morgan fingerprint density at radius 2 is 1.59 bits per heavy atom. The molecule has 0 unspecified atom stereocenters. The quantitative estimate of drug-likeness (QED) is 0.157. The Morgan fingerprint density at radius 3 is 2.13 bits per heavy atom. The summed E-state index contributed by atoms with van der Waals surface area (Å²) >= 11 is 0. The van der Waals surface area contributed by atoms with Crippen LogP contribution < -0.4 is 4.74 Å². The zero-order chi connectivity index (χ0) is 29.0. The van der Waals surface area contributed by atoms with Gasteiger partial charge >= 0.3 is 0 Å². The molecule has 0 atom stereocenters. The highest BCUT2D eigenvalue weighted by Crippen LogP contribution is 2.27. The van der Waals surface area contributed by atoms with Gasteiger partial charge in [0, 0.05) is 29.1 Å². The molecule has 0 saturated heterocycles. The van der Waals surface area contributed by atoms with Gasteiger partial charge in [0.05, 0.1) is 7.11 Å². The van der Waals surface area contributed by atoms with Crippen molar-refractivity contribution in [2.75, 3.05) is 7.11 Å². The van der Waals surface area contributed by atoms with Crippen molar-refractivity contribution in [3.63, 3.8) is 0 Å². The highest BCUT2D eigenvalue weighted by atomic mass is 16.5. The van der Waals surface area contributed by atoms with Crippen molar-refractivity contribution in [3.05, 3.63) is 94.3 Å². The number of nitrogens with zero attached hydrogens (tertiary/aromatic N) is 2. The summed E-state index contributed by atoms with van der Waals surface area (Å²) in [6.07, 6.45) is 15.5. The zero-order valence-corrected chi connectivity index (χ0v) is 25.5. The van der Waals surface area contributed by atoms with Crippen molar-refractivity contribution in [1.29, 1.82) is 0 Å². The third-order valence-electron chi connectivity index (χ3n) is 6.14. The van der Waals surface area contributed by atoms with Crippen molar-refractivity contribution >= 4 is 24.3 Å². The number of aryl methyl sites for hydroxylation is 2. The Labute approximate surface area is 237 Å². The first-order valence-corrected chi connectivity index (χ1v) is 14.3. The predicted molar refractivity (Wildman–Crippen MR) is 168 cm³/mol. The summed E-state index contributed by atoms with van der Waals surface area (Å²) in [4.78, 5) is 14.5. The van der Waals surface area contributed by atoms with E-state index in [0.29, 0.717) is 5.56 Å². The van der Waals surface area contributed by atoms with E-state index in [1.54, 1.807) is 13.3 Å². The van der Waals surface area contributed by atoms with Crippen LogP contribution in [0.5, 0.6) is 5.75 Å². The zero-order valence-electron chi connectivity index (χ0n) is 25.5. The van der Waals surface area contributed by atoms with Gasteiger partial charge in [-0.2, -0.15) is 4.58 Å². The van der Waals surface area contributed by atoms with Gasteiger partial charge in [-0.3, -0.25) is 9.78 Å². The number of hydrogen-bond donors (Lipinski definition) is 0. The molecule has 0 amide bonds. The van der Waals surface area contributed by atoms with Crippen LogP contribution in [0.4, 0.5) is 5.69 Å². The molecule has 0 saturated carbocycles. The fourth-order valence-corrected chi connectivity index (χ4v) is 3.93. The van der Waals surface area contributed by atoms with E-state index < -0.39 is 0 Å². The number of carbonyl (C=O) groups is 1. The number of ether oxygens (including phenoxy) is 1. The molecule has 1 aliphatic heterocycles. The lowest BCUT2D eigenvalue weighted by molar-refractivity contribution is -0.464. The van der Waals surface area contributed by atoms with Gasteiger partial charge in [0.25, 0.3) is 0 Å². The van der Waals surface area contributed by atoms with Crippen molar-refractivity contribution in [2.24, 2.45) is 0 Å². The standard InChI is InChI=1S/C16H16NO.C10H11NO.C7H16.C2H6/c1-12-3-8-16-14(9-12)11-17(16)10-13-4-6-15(18-2)7-5-13;1-3-4-10-5-9(7-12)6-11-8(10)2;1-3-5-7-6-4-2;1-2/h3-9,11H,10H2,1-2H3;3-7H,1-2H3;3-7H2,1-2H3;1-2H3/q+1;;;/b;4-3-;;. The van der Waals surface area contributed by atoms with Crippen LogP contribution in [-0.2, 0) is 6.54 Å². The molecule has 4 heteroatoms. The number of fused-ring (bicyclic) bond motifs is 1. The van der Waals surface area contributed by atoms with Gasteiger partial charge in [0.15, 0.2) is 19.0 Å². The number of rotatable bonds is 9. The summed E-state index contributed by atoms with van der Waals surface area (Å²) in [5.74, 6) is 0.905. The van der Waals surface area contributed by atoms with Crippen molar-refractivity contribution < 1.29 is 14.1 Å². The fourth-order valence-electron chi connectivity index (χ4n) is 3.93. The molecule has 4 rings (SSSR count). The van der Waals surface area contributed by atoms with Gasteiger partial charge in [0.2, 0.25) is 5.69 Å². The molecule has 2 heterocycles. The number of aldehydes is 1. The Kier molecular flexibility index (Phi) is 16.8. The minimum Gasteiger partial charge on any atom is -0.497 e. The highest BCUT2D eigenvalue weighted by molar-refractivity contribution is 5.88. The SMILES string of the molecule is C/C=C\c1cc(C=O)cnc1C.CC.CCCCCCC.COc1ccc(C[N+]2=Cc3cc(C)ccc32)cc1. The number of pyridine rings is 1. The average Bonchev–Trinajstić information content (AvgIpc) is 2.96. The fraction of sp³-hybridized carbons (Fsp3) is 0.400. The first-order chi connectivity index (χ1) is 18.9. The van der Waals surface area contributed by atoms with E-state index in [1.807, 2.05) is 58.0 Å². The second kappa shape index (κ2) is 19.5. The highest BCUT2D eigenvalue weighted by Gasteiger charge is 2.24. The van der Waals surface area contributed by atoms with Crippen LogP contribution in [0.25, 0.3) is 6.08 Å². The molecule has 0 N–H and O–H groups in total. The molecule has 210 valence electrons. The molecular weight excluding hydrogens is 480 g/mol. The lowest BCUT2D eigenvalue weighted by Gasteiger charge is -2.13. The van der Waals surface area contributed by atoms with Crippen molar-refractivity contribution in [3.8, 4) is 5.75 Å². The molecule has 0 fully saturated rings. The topological polar surface area (TPSA) is 42.2 Å². The second-order valence-corrected chi connectivity index (χ2v) is 9.29. The number of benzene rings is 2. The summed E-state index contributed by atoms with van der Waals surface area (Å²) in [5, 5.41) is 0. The lowest BCUT2D eigenvalue weighted by atomic mass is 10.0. The van der Waals surface area contributed by atoms with E-state index in [4.69, 9.17) is 4.74 Å². The average molecular weight is 530 g/mol. The summed E-state index contributed by atoms with van der Waals surface area (Å²) in [7, 11) is 1.69. The van der Waals surface area contributed by atoms with Crippen LogP contribution >= 0.6 is 0 Å². The molecule has 0 aliphatic carbocycles. The smallest absolute Gasteiger partial charge is 0.218 e. The largest absolute Gasteiger partial charge is 0.497 e. The van der Waals surface area contributed by atoms with Crippen LogP contribution in [-0.4, -0.2) is 29.2 Å². The monoisotopic (exact) mass is 529 g/mol. The van der Waals surface area contributed by atoms with E-state index in [9.17, 15) is 4.79 Å². The molecule has 1 aliphatic rings. The van der Waals surface area contributed by atoms with E-state index >= 15 is 0 Å². The van der Waals surface area contributed by atoms with E-state index in [-0.39, 0.29) is 0 Å². The summed E-state index contributed by atoms with van der Waals surface area (Å²) in [6.45, 7) is 15.4. The molecule has 3 aromatic rings. The summed E-state index contributed by atoms with van der Waals surface area (Å²) in [6, 6.07) is 16.6. The maximum Gasteiger partial charge on any atom is 0.218 e. The Bertz CT molecular complexity index is 1170. The van der Waals surface area contributed by atoms with Crippen molar-refractivity contribution in [1.82, 2.24) is 4.98 Å². The van der Waals surface area contributed by atoms with Gasteiger partial charge in [-0.1, -0.05) is 78.0 Å². The normalized spacial score (nSPS) is 10.8.